The minimum absolute atomic E-state index is 0.0137. The number of fused-ring (bicyclic) bond motifs is 1. The molecule has 0 aromatic heterocycles. The Morgan fingerprint density at radius 2 is 2.04 bits per heavy atom. The zero-order valence-electron chi connectivity index (χ0n) is 15.7. The third-order valence-electron chi connectivity index (χ3n) is 4.43. The van der Waals surface area contributed by atoms with E-state index in [9.17, 15) is 9.59 Å². The molecule has 0 aliphatic carbocycles. The first-order valence-corrected chi connectivity index (χ1v) is 9.00. The number of carbonyl (C=O) groups is 2. The molecule has 0 unspecified atom stereocenters. The van der Waals surface area contributed by atoms with Crippen LogP contribution in [0, 0.1) is 6.92 Å². The van der Waals surface area contributed by atoms with E-state index in [4.69, 9.17) is 9.47 Å². The average Bonchev–Trinajstić information content (AvgIpc) is 2.81. The number of anilines is 1. The lowest BCUT2D eigenvalue weighted by molar-refractivity contribution is -0.130. The van der Waals surface area contributed by atoms with Gasteiger partial charge in [0, 0.05) is 7.05 Å². The lowest BCUT2D eigenvalue weighted by Crippen LogP contribution is -2.42. The van der Waals surface area contributed by atoms with Crippen LogP contribution in [0.4, 0.5) is 5.69 Å². The van der Waals surface area contributed by atoms with Crippen molar-refractivity contribution in [1.29, 1.82) is 0 Å². The summed E-state index contributed by atoms with van der Waals surface area (Å²) in [5.41, 5.74) is 1.76. The number of benzene rings is 2. The molecule has 2 aromatic carbocycles. The first-order chi connectivity index (χ1) is 13.0. The van der Waals surface area contributed by atoms with E-state index in [1.807, 2.05) is 49.4 Å². The van der Waals surface area contributed by atoms with Crippen LogP contribution >= 0.6 is 0 Å². The second kappa shape index (κ2) is 8.58. The molecule has 0 spiro atoms. The Bertz CT molecular complexity index is 821. The van der Waals surface area contributed by atoms with Crippen LogP contribution in [0.15, 0.2) is 48.5 Å². The molecule has 0 radical (unpaired) electrons. The fourth-order valence-corrected chi connectivity index (χ4v) is 2.88. The minimum Gasteiger partial charge on any atom is -0.492 e. The quantitative estimate of drug-likeness (QED) is 0.787. The van der Waals surface area contributed by atoms with E-state index in [1.54, 1.807) is 18.0 Å². The highest BCUT2D eigenvalue weighted by molar-refractivity contribution is 6.00. The molecule has 0 fully saturated rings. The zero-order valence-corrected chi connectivity index (χ0v) is 15.7. The monoisotopic (exact) mass is 368 g/mol. The van der Waals surface area contributed by atoms with E-state index in [1.165, 1.54) is 4.90 Å². The fraction of sp³-hybridized carbons (Fsp3) is 0.333. The second-order valence-corrected chi connectivity index (χ2v) is 6.53. The molecule has 1 aliphatic rings. The molecular formula is C21H24N2O4. The number of rotatable bonds is 6. The van der Waals surface area contributed by atoms with Crippen molar-refractivity contribution in [1.82, 2.24) is 4.90 Å². The summed E-state index contributed by atoms with van der Waals surface area (Å²) in [6.07, 6.45) is 0.252. The van der Waals surface area contributed by atoms with Gasteiger partial charge in [0.25, 0.3) is 0 Å². The third kappa shape index (κ3) is 4.78. The highest BCUT2D eigenvalue weighted by Gasteiger charge is 2.26. The number of hydrogen-bond donors (Lipinski definition) is 0. The molecule has 3 rings (SSSR count). The molecule has 2 amide bonds. The van der Waals surface area contributed by atoms with Gasteiger partial charge in [-0.05, 0) is 36.8 Å². The van der Waals surface area contributed by atoms with E-state index in [2.05, 4.69) is 0 Å². The summed E-state index contributed by atoms with van der Waals surface area (Å²) in [7, 11) is 1.71. The molecule has 6 heteroatoms. The van der Waals surface area contributed by atoms with E-state index in [0.29, 0.717) is 31.2 Å². The van der Waals surface area contributed by atoms with Crippen LogP contribution in [-0.2, 0) is 9.59 Å². The summed E-state index contributed by atoms with van der Waals surface area (Å²) >= 11 is 0. The molecule has 1 heterocycles. The van der Waals surface area contributed by atoms with Gasteiger partial charge in [0.15, 0.2) is 0 Å². The van der Waals surface area contributed by atoms with Gasteiger partial charge < -0.3 is 14.4 Å². The van der Waals surface area contributed by atoms with E-state index in [0.717, 1.165) is 11.3 Å². The summed E-state index contributed by atoms with van der Waals surface area (Å²) in [4.78, 5) is 28.1. The molecule has 0 saturated carbocycles. The van der Waals surface area contributed by atoms with Gasteiger partial charge in [-0.15, -0.1) is 0 Å². The Morgan fingerprint density at radius 1 is 1.22 bits per heavy atom. The van der Waals surface area contributed by atoms with Crippen LogP contribution < -0.4 is 14.4 Å². The Hall–Kier alpha value is -3.02. The van der Waals surface area contributed by atoms with E-state index < -0.39 is 0 Å². The van der Waals surface area contributed by atoms with Crippen LogP contribution in [0.1, 0.15) is 12.0 Å². The molecule has 2 aromatic rings. The average molecular weight is 368 g/mol. The number of carbonyl (C=O) groups excluding carboxylic acids is 2. The summed E-state index contributed by atoms with van der Waals surface area (Å²) in [5.74, 6) is 1.15. The number of hydrogen-bond acceptors (Lipinski definition) is 4. The van der Waals surface area contributed by atoms with E-state index in [-0.39, 0.29) is 24.8 Å². The van der Waals surface area contributed by atoms with Crippen molar-refractivity contribution in [2.45, 2.75) is 13.3 Å². The molecule has 142 valence electrons. The lowest BCUT2D eigenvalue weighted by atomic mass is 10.2. The molecule has 0 N–H and O–H groups in total. The molecule has 6 nitrogen and oxygen atoms in total. The van der Waals surface area contributed by atoms with Gasteiger partial charge in [-0.2, -0.15) is 0 Å². The number of nitrogens with zero attached hydrogens (tertiary/aromatic N) is 2. The van der Waals surface area contributed by atoms with E-state index >= 15 is 0 Å². The van der Waals surface area contributed by atoms with Gasteiger partial charge in [-0.25, -0.2) is 0 Å². The number of amides is 2. The van der Waals surface area contributed by atoms with Gasteiger partial charge in [-0.1, -0.05) is 24.3 Å². The Labute approximate surface area is 159 Å². The maximum atomic E-state index is 12.6. The van der Waals surface area contributed by atoms with Crippen molar-refractivity contribution < 1.29 is 19.1 Å². The van der Waals surface area contributed by atoms with Crippen LogP contribution in [0.25, 0.3) is 0 Å². The van der Waals surface area contributed by atoms with Crippen LogP contribution in [0.2, 0.25) is 0 Å². The summed E-state index contributed by atoms with van der Waals surface area (Å²) in [5, 5.41) is 0. The van der Waals surface area contributed by atoms with Gasteiger partial charge in [-0.3, -0.25) is 14.5 Å². The second-order valence-electron chi connectivity index (χ2n) is 6.53. The zero-order chi connectivity index (χ0) is 19.2. The van der Waals surface area contributed by atoms with Crippen molar-refractivity contribution in [3.8, 4) is 11.5 Å². The van der Waals surface area contributed by atoms with Crippen LogP contribution in [0.3, 0.4) is 0 Å². The number of aryl methyl sites for hydroxylation is 1. The van der Waals surface area contributed by atoms with Crippen LogP contribution in [-0.4, -0.2) is 50.1 Å². The first-order valence-electron chi connectivity index (χ1n) is 9.00. The van der Waals surface area contributed by atoms with Gasteiger partial charge in [0.2, 0.25) is 11.8 Å². The maximum absolute atomic E-state index is 12.6. The molecule has 0 bridgehead atoms. The van der Waals surface area contributed by atoms with Crippen LogP contribution in [0.5, 0.6) is 11.5 Å². The molecule has 27 heavy (non-hydrogen) atoms. The minimum atomic E-state index is -0.145. The normalized spacial score (nSPS) is 13.4. The SMILES string of the molecule is Cc1cccc(OCCN(C)C(=O)CN2C(=O)CCOc3ccccc32)c1. The van der Waals surface area contributed by atoms with Crippen molar-refractivity contribution in [3.05, 3.63) is 54.1 Å². The standard InChI is InChI=1S/C21H24N2O4/c1-16-6-5-7-17(14-16)26-13-11-22(2)21(25)15-23-18-8-3-4-9-19(18)27-12-10-20(23)24/h3-9,14H,10-13,15H2,1-2H3. The van der Waals surface area contributed by atoms with Crippen molar-refractivity contribution >= 4 is 17.5 Å². The topological polar surface area (TPSA) is 59.1 Å². The molecule has 0 atom stereocenters. The van der Waals surface area contributed by atoms with Gasteiger partial charge in [0.1, 0.15) is 24.7 Å². The highest BCUT2D eigenvalue weighted by Crippen LogP contribution is 2.30. The first kappa shape index (κ1) is 18.8. The Morgan fingerprint density at radius 3 is 2.85 bits per heavy atom. The largest absolute Gasteiger partial charge is 0.492 e. The summed E-state index contributed by atoms with van der Waals surface area (Å²) in [6.45, 7) is 3.13. The summed E-state index contributed by atoms with van der Waals surface area (Å²) in [6, 6.07) is 15.1. The maximum Gasteiger partial charge on any atom is 0.242 e. The lowest BCUT2D eigenvalue weighted by Gasteiger charge is -2.24. The number of likely N-dealkylation sites (N-methyl/N-ethyl adjacent to an activating group) is 1. The predicted molar refractivity (Wildman–Crippen MR) is 103 cm³/mol. The molecular weight excluding hydrogens is 344 g/mol. The van der Waals surface area contributed by atoms with Gasteiger partial charge >= 0.3 is 0 Å². The Kier molecular flexibility index (Phi) is 5.96. The van der Waals surface area contributed by atoms with Gasteiger partial charge in [0.05, 0.1) is 25.3 Å². The molecule has 1 aliphatic heterocycles. The number of ether oxygens (including phenoxy) is 2. The third-order valence-corrected chi connectivity index (χ3v) is 4.43. The highest BCUT2D eigenvalue weighted by atomic mass is 16.5. The predicted octanol–water partition coefficient (Wildman–Crippen LogP) is 2.65. The smallest absolute Gasteiger partial charge is 0.242 e. The summed E-state index contributed by atoms with van der Waals surface area (Å²) < 4.78 is 11.3. The van der Waals surface area contributed by atoms with Crippen molar-refractivity contribution in [2.24, 2.45) is 0 Å². The fourth-order valence-electron chi connectivity index (χ4n) is 2.88. The Balaban J connectivity index is 1.58. The molecule has 0 saturated heterocycles. The van der Waals surface area contributed by atoms with Crippen molar-refractivity contribution in [3.63, 3.8) is 0 Å². The van der Waals surface area contributed by atoms with Crippen molar-refractivity contribution in [2.75, 3.05) is 38.3 Å². The number of para-hydroxylation sites is 2.